The van der Waals surface area contributed by atoms with Gasteiger partial charge in [0.05, 0.1) is 11.6 Å². The summed E-state index contributed by atoms with van der Waals surface area (Å²) in [4.78, 5) is 30.1. The predicted molar refractivity (Wildman–Crippen MR) is 221 cm³/mol. The van der Waals surface area contributed by atoms with Crippen LogP contribution in [-0.4, -0.2) is 29.9 Å². The summed E-state index contributed by atoms with van der Waals surface area (Å²) in [6.45, 7) is 0. The summed E-state index contributed by atoms with van der Waals surface area (Å²) < 4.78 is 0. The maximum absolute atomic E-state index is 9.56. The molecule has 7 aromatic carbocycles. The van der Waals surface area contributed by atoms with Gasteiger partial charge in [0, 0.05) is 33.4 Å². The summed E-state index contributed by atoms with van der Waals surface area (Å²) in [6.07, 6.45) is 0. The average Bonchev–Trinajstić information content (AvgIpc) is 3.29. The van der Waals surface area contributed by atoms with Gasteiger partial charge in [0.2, 0.25) is 0 Å². The van der Waals surface area contributed by atoms with E-state index in [0.29, 0.717) is 40.5 Å². The monoisotopic (exact) mass is 717 g/mol. The molecule has 7 nitrogen and oxygen atoms in total. The standard InChI is InChI=1S/C49H31N7/c50-32-33-25-27-34(28-26-33)39-29-40(31-41(30-39)48-53-44(35-15-5-1-6-16-35)51-45(54-48)36-17-7-2-8-18-36)42-23-13-14-24-43(42)49-55-46(37-19-9-3-10-20-37)52-47(56-49)38-21-11-4-12-22-38/h1-31H. The molecule has 0 aliphatic carbocycles. The molecule has 2 aromatic heterocycles. The fraction of sp³-hybridized carbons (Fsp3) is 0. The first-order valence-electron chi connectivity index (χ1n) is 18.2. The Bertz CT molecular complexity index is 2720. The Morgan fingerprint density at radius 1 is 0.268 bits per heavy atom. The summed E-state index contributed by atoms with van der Waals surface area (Å²) in [6, 6.07) is 64.2. The van der Waals surface area contributed by atoms with E-state index in [4.69, 9.17) is 29.9 Å². The first-order valence-corrected chi connectivity index (χ1v) is 18.2. The molecule has 0 saturated carbocycles. The molecule has 0 atom stereocenters. The molecule has 0 aliphatic heterocycles. The van der Waals surface area contributed by atoms with Crippen LogP contribution >= 0.6 is 0 Å². The second-order valence-corrected chi connectivity index (χ2v) is 13.1. The van der Waals surface area contributed by atoms with E-state index in [1.807, 2.05) is 164 Å². The third-order valence-electron chi connectivity index (χ3n) is 9.42. The highest BCUT2D eigenvalue weighted by molar-refractivity contribution is 5.87. The molecule has 0 unspecified atom stereocenters. The van der Waals surface area contributed by atoms with Crippen LogP contribution in [0.25, 0.3) is 90.6 Å². The zero-order chi connectivity index (χ0) is 37.7. The maximum Gasteiger partial charge on any atom is 0.164 e. The second-order valence-electron chi connectivity index (χ2n) is 13.1. The maximum atomic E-state index is 9.56. The van der Waals surface area contributed by atoms with Gasteiger partial charge in [-0.1, -0.05) is 158 Å². The first kappa shape index (κ1) is 33.9. The number of nitrogens with zero attached hydrogens (tertiary/aromatic N) is 7. The topological polar surface area (TPSA) is 101 Å². The zero-order valence-corrected chi connectivity index (χ0v) is 30.0. The van der Waals surface area contributed by atoms with Crippen molar-refractivity contribution in [2.24, 2.45) is 0 Å². The summed E-state index contributed by atoms with van der Waals surface area (Å²) >= 11 is 0. The van der Waals surface area contributed by atoms with E-state index < -0.39 is 0 Å². The molecule has 0 amide bonds. The molecule has 0 radical (unpaired) electrons. The van der Waals surface area contributed by atoms with E-state index in [-0.39, 0.29) is 0 Å². The Balaban J connectivity index is 1.26. The smallest absolute Gasteiger partial charge is 0.164 e. The summed E-state index contributed by atoms with van der Waals surface area (Å²) in [5.74, 6) is 3.41. The van der Waals surface area contributed by atoms with Crippen molar-refractivity contribution in [2.45, 2.75) is 0 Å². The van der Waals surface area contributed by atoms with Crippen LogP contribution in [-0.2, 0) is 0 Å². The lowest BCUT2D eigenvalue weighted by atomic mass is 9.92. The minimum absolute atomic E-state index is 0.532. The van der Waals surface area contributed by atoms with Crippen molar-refractivity contribution >= 4 is 0 Å². The molecular weight excluding hydrogens is 687 g/mol. The molecule has 7 heteroatoms. The lowest BCUT2D eigenvalue weighted by Crippen LogP contribution is -2.02. The van der Waals surface area contributed by atoms with Crippen LogP contribution in [0.2, 0.25) is 0 Å². The van der Waals surface area contributed by atoms with Crippen LogP contribution in [0, 0.1) is 11.3 Å². The van der Waals surface area contributed by atoms with Crippen LogP contribution in [0.15, 0.2) is 188 Å². The van der Waals surface area contributed by atoms with Gasteiger partial charge in [-0.05, 0) is 52.6 Å². The first-order chi connectivity index (χ1) is 27.7. The van der Waals surface area contributed by atoms with Gasteiger partial charge in [-0.3, -0.25) is 0 Å². The number of nitriles is 1. The molecule has 0 fully saturated rings. The van der Waals surface area contributed by atoms with Crippen molar-refractivity contribution in [3.8, 4) is 96.7 Å². The molecule has 0 saturated heterocycles. The Labute approximate surface area is 324 Å². The summed E-state index contributed by atoms with van der Waals surface area (Å²) in [7, 11) is 0. The van der Waals surface area contributed by atoms with Crippen LogP contribution in [0.5, 0.6) is 0 Å². The van der Waals surface area contributed by atoms with E-state index in [1.54, 1.807) is 0 Å². The molecule has 0 N–H and O–H groups in total. The number of aromatic nitrogens is 6. The van der Waals surface area contributed by atoms with Gasteiger partial charge in [0.25, 0.3) is 0 Å². The van der Waals surface area contributed by atoms with Gasteiger partial charge in [-0.25, -0.2) is 29.9 Å². The molecule has 0 bridgehead atoms. The molecule has 9 rings (SSSR count). The average molecular weight is 718 g/mol. The minimum Gasteiger partial charge on any atom is -0.208 e. The van der Waals surface area contributed by atoms with E-state index in [9.17, 15) is 5.26 Å². The molecular formula is C49H31N7. The summed E-state index contributed by atoms with van der Waals surface area (Å²) in [5, 5.41) is 9.56. The van der Waals surface area contributed by atoms with Gasteiger partial charge in [0.1, 0.15) is 0 Å². The number of hydrogen-bond donors (Lipinski definition) is 0. The van der Waals surface area contributed by atoms with Crippen molar-refractivity contribution in [2.75, 3.05) is 0 Å². The third kappa shape index (κ3) is 7.06. The highest BCUT2D eigenvalue weighted by Gasteiger charge is 2.19. The Kier molecular flexibility index (Phi) is 9.18. The lowest BCUT2D eigenvalue weighted by Gasteiger charge is -2.15. The van der Waals surface area contributed by atoms with E-state index >= 15 is 0 Å². The Morgan fingerprint density at radius 2 is 0.607 bits per heavy atom. The fourth-order valence-corrected chi connectivity index (χ4v) is 6.61. The van der Waals surface area contributed by atoms with E-state index in [2.05, 4.69) is 30.3 Å². The normalized spacial score (nSPS) is 10.8. The number of benzene rings is 7. The van der Waals surface area contributed by atoms with Gasteiger partial charge >= 0.3 is 0 Å². The molecule has 262 valence electrons. The van der Waals surface area contributed by atoms with Crippen LogP contribution in [0.1, 0.15) is 5.56 Å². The van der Waals surface area contributed by atoms with Gasteiger partial charge < -0.3 is 0 Å². The van der Waals surface area contributed by atoms with Gasteiger partial charge in [-0.2, -0.15) is 5.26 Å². The van der Waals surface area contributed by atoms with Crippen LogP contribution in [0.3, 0.4) is 0 Å². The van der Waals surface area contributed by atoms with Crippen molar-refractivity contribution < 1.29 is 0 Å². The third-order valence-corrected chi connectivity index (χ3v) is 9.42. The van der Waals surface area contributed by atoms with Crippen molar-refractivity contribution in [1.82, 2.24) is 29.9 Å². The number of rotatable bonds is 8. The zero-order valence-electron chi connectivity index (χ0n) is 30.0. The van der Waals surface area contributed by atoms with Crippen LogP contribution < -0.4 is 0 Å². The quantitative estimate of drug-likeness (QED) is 0.154. The van der Waals surface area contributed by atoms with Crippen molar-refractivity contribution in [3.63, 3.8) is 0 Å². The minimum atomic E-state index is 0.532. The largest absolute Gasteiger partial charge is 0.208 e. The SMILES string of the molecule is N#Cc1ccc(-c2cc(-c3nc(-c4ccccc4)nc(-c4ccccc4)n3)cc(-c3ccccc3-c3nc(-c4ccccc4)nc(-c4ccccc4)n3)c2)cc1. The van der Waals surface area contributed by atoms with Crippen molar-refractivity contribution in [3.05, 3.63) is 194 Å². The second kappa shape index (κ2) is 15.2. The van der Waals surface area contributed by atoms with Gasteiger partial charge in [-0.15, -0.1) is 0 Å². The molecule has 56 heavy (non-hydrogen) atoms. The number of hydrogen-bond acceptors (Lipinski definition) is 7. The van der Waals surface area contributed by atoms with Crippen molar-refractivity contribution in [1.29, 1.82) is 5.26 Å². The van der Waals surface area contributed by atoms with E-state index in [0.717, 1.165) is 55.6 Å². The predicted octanol–water partition coefficient (Wildman–Crippen LogP) is 11.3. The highest BCUT2D eigenvalue weighted by Crippen LogP contribution is 2.38. The fourth-order valence-electron chi connectivity index (χ4n) is 6.61. The molecule has 2 heterocycles. The Morgan fingerprint density at radius 3 is 1.04 bits per heavy atom. The van der Waals surface area contributed by atoms with Gasteiger partial charge in [0.15, 0.2) is 34.9 Å². The van der Waals surface area contributed by atoms with E-state index in [1.165, 1.54) is 0 Å². The molecule has 0 spiro atoms. The Hall–Kier alpha value is -7.95. The van der Waals surface area contributed by atoms with Crippen LogP contribution in [0.4, 0.5) is 0 Å². The summed E-state index contributed by atoms with van der Waals surface area (Å²) in [5.41, 5.74) is 9.54. The molecule has 9 aromatic rings. The lowest BCUT2D eigenvalue weighted by molar-refractivity contribution is 1.07. The molecule has 0 aliphatic rings. The highest BCUT2D eigenvalue weighted by atomic mass is 15.0.